The molecule has 2 aromatic rings. The third kappa shape index (κ3) is 4.82. The van der Waals surface area contributed by atoms with Crippen LogP contribution in [0.5, 0.6) is 0 Å². The van der Waals surface area contributed by atoms with Gasteiger partial charge in [-0.15, -0.1) is 11.3 Å². The van der Waals surface area contributed by atoms with Crippen LogP contribution in [-0.4, -0.2) is 22.4 Å². The molecule has 0 aliphatic carbocycles. The quantitative estimate of drug-likeness (QED) is 0.858. The molecule has 0 aromatic carbocycles. The fraction of sp³-hybridized carbons (Fsp3) is 0.400. The van der Waals surface area contributed by atoms with Crippen LogP contribution in [0.15, 0.2) is 23.6 Å². The van der Waals surface area contributed by atoms with Crippen LogP contribution in [0.3, 0.4) is 0 Å². The van der Waals surface area contributed by atoms with Gasteiger partial charge in [-0.05, 0) is 31.4 Å². The highest BCUT2D eigenvalue weighted by Crippen LogP contribution is 2.19. The topological polar surface area (TPSA) is 66.9 Å². The van der Waals surface area contributed by atoms with Crippen LogP contribution in [0.25, 0.3) is 0 Å². The highest BCUT2D eigenvalue weighted by Gasteiger charge is 2.10. The number of anilines is 2. The van der Waals surface area contributed by atoms with E-state index in [4.69, 9.17) is 0 Å². The number of carbonyl (C=O) groups excluding carboxylic acids is 1. The zero-order valence-electron chi connectivity index (χ0n) is 12.5. The molecule has 0 aliphatic rings. The maximum Gasteiger partial charge on any atom is 0.270 e. The van der Waals surface area contributed by atoms with E-state index in [1.807, 2.05) is 25.1 Å². The number of amides is 1. The zero-order chi connectivity index (χ0) is 15.2. The summed E-state index contributed by atoms with van der Waals surface area (Å²) in [6.45, 7) is 6.87. The second-order valence-corrected chi connectivity index (χ2v) is 6.12. The van der Waals surface area contributed by atoms with Gasteiger partial charge < -0.3 is 10.6 Å². The third-order valence-corrected chi connectivity index (χ3v) is 3.63. The van der Waals surface area contributed by atoms with Gasteiger partial charge in [-0.25, -0.2) is 9.97 Å². The lowest BCUT2D eigenvalue weighted by Crippen LogP contribution is -2.25. The van der Waals surface area contributed by atoms with Gasteiger partial charge in [-0.2, -0.15) is 0 Å². The van der Waals surface area contributed by atoms with E-state index in [-0.39, 0.29) is 5.91 Å². The number of rotatable bonds is 6. The van der Waals surface area contributed by atoms with Gasteiger partial charge in [-0.3, -0.25) is 4.79 Å². The first-order chi connectivity index (χ1) is 10.0. The van der Waals surface area contributed by atoms with E-state index in [9.17, 15) is 4.79 Å². The third-order valence-electron chi connectivity index (χ3n) is 2.87. The van der Waals surface area contributed by atoms with E-state index in [1.165, 1.54) is 11.3 Å². The number of pyridine rings is 1. The van der Waals surface area contributed by atoms with E-state index < -0.39 is 0 Å². The molecule has 2 aromatic heterocycles. The Labute approximate surface area is 128 Å². The molecule has 2 heterocycles. The predicted octanol–water partition coefficient (Wildman–Crippen LogP) is 3.37. The first-order valence-corrected chi connectivity index (χ1v) is 7.87. The molecular weight excluding hydrogens is 284 g/mol. The lowest BCUT2D eigenvalue weighted by molar-refractivity contribution is 0.0948. The highest BCUT2D eigenvalue weighted by atomic mass is 32.1. The number of nitrogens with one attached hydrogen (secondary N) is 2. The summed E-state index contributed by atoms with van der Waals surface area (Å²) in [6, 6.07) is 5.73. The van der Waals surface area contributed by atoms with Crippen molar-refractivity contribution in [2.75, 3.05) is 11.9 Å². The number of aryl methyl sites for hydroxylation is 1. The van der Waals surface area contributed by atoms with Crippen LogP contribution in [0.1, 0.15) is 36.5 Å². The average Bonchev–Trinajstić information content (AvgIpc) is 2.87. The standard InChI is InChI=1S/C15H20N4OS/c1-10(2)7-8-16-14(20)12-9-21-15(18-12)19-13-6-4-5-11(3)17-13/h4-6,9-10H,7-8H2,1-3H3,(H,16,20)(H,17,18,19). The summed E-state index contributed by atoms with van der Waals surface area (Å²) in [5.41, 5.74) is 1.38. The predicted molar refractivity (Wildman–Crippen MR) is 86.2 cm³/mol. The molecule has 0 saturated carbocycles. The molecule has 0 atom stereocenters. The van der Waals surface area contributed by atoms with Gasteiger partial charge in [0.05, 0.1) is 0 Å². The van der Waals surface area contributed by atoms with Gasteiger partial charge in [0.25, 0.3) is 5.91 Å². The van der Waals surface area contributed by atoms with Crippen molar-refractivity contribution in [3.8, 4) is 0 Å². The van der Waals surface area contributed by atoms with Crippen LogP contribution < -0.4 is 10.6 Å². The summed E-state index contributed by atoms with van der Waals surface area (Å²) in [5, 5.41) is 8.41. The number of carbonyl (C=O) groups is 1. The van der Waals surface area contributed by atoms with Crippen molar-refractivity contribution >= 4 is 28.2 Å². The van der Waals surface area contributed by atoms with Gasteiger partial charge >= 0.3 is 0 Å². The summed E-state index contributed by atoms with van der Waals surface area (Å²) >= 11 is 1.40. The van der Waals surface area contributed by atoms with E-state index in [0.29, 0.717) is 23.3 Å². The van der Waals surface area contributed by atoms with Crippen LogP contribution in [-0.2, 0) is 0 Å². The van der Waals surface area contributed by atoms with Crippen molar-refractivity contribution in [3.63, 3.8) is 0 Å². The van der Waals surface area contributed by atoms with Crippen molar-refractivity contribution in [1.82, 2.24) is 15.3 Å². The lowest BCUT2D eigenvalue weighted by atomic mass is 10.1. The first kappa shape index (κ1) is 15.4. The number of hydrogen-bond donors (Lipinski definition) is 2. The van der Waals surface area contributed by atoms with Crippen LogP contribution in [0.2, 0.25) is 0 Å². The van der Waals surface area contributed by atoms with E-state index >= 15 is 0 Å². The fourth-order valence-corrected chi connectivity index (χ4v) is 2.42. The summed E-state index contributed by atoms with van der Waals surface area (Å²) in [4.78, 5) is 20.6. The molecule has 112 valence electrons. The van der Waals surface area contributed by atoms with Crippen molar-refractivity contribution in [2.24, 2.45) is 5.92 Å². The largest absolute Gasteiger partial charge is 0.351 e. The van der Waals surface area contributed by atoms with Gasteiger partial charge in [0.1, 0.15) is 11.5 Å². The minimum absolute atomic E-state index is 0.128. The Morgan fingerprint density at radius 1 is 1.33 bits per heavy atom. The Hall–Kier alpha value is -1.95. The Morgan fingerprint density at radius 3 is 2.86 bits per heavy atom. The number of nitrogens with zero attached hydrogens (tertiary/aromatic N) is 2. The minimum Gasteiger partial charge on any atom is -0.351 e. The monoisotopic (exact) mass is 304 g/mol. The molecule has 6 heteroatoms. The molecule has 0 bridgehead atoms. The number of thiazole rings is 1. The Balaban J connectivity index is 1.93. The molecule has 1 amide bonds. The maximum atomic E-state index is 11.9. The van der Waals surface area contributed by atoms with Crippen molar-refractivity contribution < 1.29 is 4.79 Å². The van der Waals surface area contributed by atoms with E-state index in [2.05, 4.69) is 34.4 Å². The molecule has 0 spiro atoms. The fourth-order valence-electron chi connectivity index (χ4n) is 1.72. The van der Waals surface area contributed by atoms with Crippen molar-refractivity contribution in [3.05, 3.63) is 35.0 Å². The summed E-state index contributed by atoms with van der Waals surface area (Å²) in [6.07, 6.45) is 0.966. The van der Waals surface area contributed by atoms with Gasteiger partial charge in [0.15, 0.2) is 5.13 Å². The molecule has 2 rings (SSSR count). The van der Waals surface area contributed by atoms with E-state index in [1.54, 1.807) is 5.38 Å². The summed E-state index contributed by atoms with van der Waals surface area (Å²) in [7, 11) is 0. The molecule has 2 N–H and O–H groups in total. The number of aromatic nitrogens is 2. The molecule has 21 heavy (non-hydrogen) atoms. The van der Waals surface area contributed by atoms with Crippen molar-refractivity contribution in [2.45, 2.75) is 27.2 Å². The molecule has 0 unspecified atom stereocenters. The molecule has 5 nitrogen and oxygen atoms in total. The summed E-state index contributed by atoms with van der Waals surface area (Å²) in [5.74, 6) is 1.18. The lowest BCUT2D eigenvalue weighted by Gasteiger charge is -2.05. The van der Waals surface area contributed by atoms with Crippen LogP contribution >= 0.6 is 11.3 Å². The summed E-state index contributed by atoms with van der Waals surface area (Å²) < 4.78 is 0. The SMILES string of the molecule is Cc1cccc(Nc2nc(C(=O)NCCC(C)C)cs2)n1. The molecule has 0 aliphatic heterocycles. The molecular formula is C15H20N4OS. The van der Waals surface area contributed by atoms with Gasteiger partial charge in [0.2, 0.25) is 0 Å². The Bertz CT molecular complexity index is 609. The van der Waals surface area contributed by atoms with Crippen LogP contribution in [0, 0.1) is 12.8 Å². The number of hydrogen-bond acceptors (Lipinski definition) is 5. The Morgan fingerprint density at radius 2 is 2.14 bits per heavy atom. The van der Waals surface area contributed by atoms with Gasteiger partial charge in [-0.1, -0.05) is 19.9 Å². The van der Waals surface area contributed by atoms with Gasteiger partial charge in [0, 0.05) is 17.6 Å². The van der Waals surface area contributed by atoms with Crippen LogP contribution in [0.4, 0.5) is 10.9 Å². The van der Waals surface area contributed by atoms with Crippen molar-refractivity contribution in [1.29, 1.82) is 0 Å². The molecule has 0 saturated heterocycles. The average molecular weight is 304 g/mol. The molecule has 0 fully saturated rings. The smallest absolute Gasteiger partial charge is 0.270 e. The highest BCUT2D eigenvalue weighted by molar-refractivity contribution is 7.14. The second kappa shape index (κ2) is 7.17. The normalized spacial score (nSPS) is 10.7. The minimum atomic E-state index is -0.128. The first-order valence-electron chi connectivity index (χ1n) is 6.99. The Kier molecular flexibility index (Phi) is 5.27. The maximum absolute atomic E-state index is 11.9. The van der Waals surface area contributed by atoms with E-state index in [0.717, 1.165) is 17.9 Å². The second-order valence-electron chi connectivity index (χ2n) is 5.27. The zero-order valence-corrected chi connectivity index (χ0v) is 13.3. The molecule has 0 radical (unpaired) electrons.